The first kappa shape index (κ1) is 18.2. The monoisotopic (exact) mass is 352 g/mol. The number of benzene rings is 1. The first-order chi connectivity index (χ1) is 11.2. The molecule has 1 unspecified atom stereocenters. The predicted molar refractivity (Wildman–Crippen MR) is 90.3 cm³/mol. The third kappa shape index (κ3) is 4.69. The lowest BCUT2D eigenvalue weighted by molar-refractivity contribution is 0.0482. The van der Waals surface area contributed by atoms with Crippen LogP contribution in [0.2, 0.25) is 5.02 Å². The van der Waals surface area contributed by atoms with E-state index in [-0.39, 0.29) is 6.61 Å². The molecule has 2 aromatic rings. The third-order valence-corrected chi connectivity index (χ3v) is 3.42. The van der Waals surface area contributed by atoms with E-state index in [9.17, 15) is 9.90 Å². The number of amides is 1. The molecule has 0 radical (unpaired) electrons. The summed E-state index contributed by atoms with van der Waals surface area (Å²) in [5, 5.41) is 17.0. The summed E-state index contributed by atoms with van der Waals surface area (Å²) in [4.78, 5) is 16.0. The zero-order valence-corrected chi connectivity index (χ0v) is 14.8. The molecule has 7 nitrogen and oxygen atoms in total. The summed E-state index contributed by atoms with van der Waals surface area (Å²) in [6, 6.07) is 4.53. The Bertz CT molecular complexity index is 724. The second kappa shape index (κ2) is 7.19. The van der Waals surface area contributed by atoms with Gasteiger partial charge in [0.2, 0.25) is 0 Å². The van der Waals surface area contributed by atoms with Gasteiger partial charge in [-0.2, -0.15) is 5.10 Å². The number of halogens is 1. The van der Waals surface area contributed by atoms with Gasteiger partial charge in [0.25, 0.3) is 0 Å². The molecule has 2 rings (SSSR count). The lowest BCUT2D eigenvalue weighted by Crippen LogP contribution is -2.36. The highest BCUT2D eigenvalue weighted by atomic mass is 35.5. The van der Waals surface area contributed by atoms with Gasteiger partial charge in [-0.15, -0.1) is 0 Å². The van der Waals surface area contributed by atoms with E-state index in [4.69, 9.17) is 16.3 Å². The third-order valence-electron chi connectivity index (χ3n) is 3.10. The van der Waals surface area contributed by atoms with Crippen LogP contribution in [0.3, 0.4) is 0 Å². The molecule has 0 saturated carbocycles. The lowest BCUT2D eigenvalue weighted by Gasteiger charge is -2.23. The molecule has 0 bridgehead atoms. The van der Waals surface area contributed by atoms with Crippen molar-refractivity contribution in [1.29, 1.82) is 0 Å². The lowest BCUT2D eigenvalue weighted by atomic mass is 10.1. The summed E-state index contributed by atoms with van der Waals surface area (Å²) in [6.07, 6.45) is 0.949. The van der Waals surface area contributed by atoms with Gasteiger partial charge in [-0.25, -0.2) is 14.5 Å². The fourth-order valence-corrected chi connectivity index (χ4v) is 2.27. The number of nitrogens with zero attached hydrogens (tertiary/aromatic N) is 3. The van der Waals surface area contributed by atoms with E-state index in [1.807, 2.05) is 0 Å². The Morgan fingerprint density at radius 2 is 2.17 bits per heavy atom. The second-order valence-electron chi connectivity index (χ2n) is 6.33. The largest absolute Gasteiger partial charge is 0.444 e. The van der Waals surface area contributed by atoms with Crippen LogP contribution in [0.5, 0.6) is 0 Å². The highest BCUT2D eigenvalue weighted by Crippen LogP contribution is 2.24. The quantitative estimate of drug-likeness (QED) is 0.883. The second-order valence-corrected chi connectivity index (χ2v) is 6.74. The SMILES string of the molecule is Cc1ncn(-c2cc(C(CO)NC(=O)OC(C)(C)C)ccc2Cl)n1. The predicted octanol–water partition coefficient (Wildman–Crippen LogP) is 2.79. The zero-order chi connectivity index (χ0) is 17.9. The maximum Gasteiger partial charge on any atom is 0.408 e. The molecule has 1 amide bonds. The highest BCUT2D eigenvalue weighted by molar-refractivity contribution is 6.32. The van der Waals surface area contributed by atoms with Gasteiger partial charge >= 0.3 is 6.09 Å². The van der Waals surface area contributed by atoms with Gasteiger partial charge in [0.15, 0.2) is 0 Å². The van der Waals surface area contributed by atoms with E-state index in [0.717, 1.165) is 0 Å². The van der Waals surface area contributed by atoms with Crippen LogP contribution in [0.25, 0.3) is 5.69 Å². The summed E-state index contributed by atoms with van der Waals surface area (Å²) in [7, 11) is 0. The van der Waals surface area contributed by atoms with Crippen molar-refractivity contribution in [2.45, 2.75) is 39.3 Å². The maximum atomic E-state index is 11.9. The van der Waals surface area contributed by atoms with E-state index in [1.54, 1.807) is 56.9 Å². The highest BCUT2D eigenvalue weighted by Gasteiger charge is 2.21. The molecule has 1 aromatic carbocycles. The minimum atomic E-state index is -0.625. The Morgan fingerprint density at radius 3 is 2.71 bits per heavy atom. The first-order valence-electron chi connectivity index (χ1n) is 7.48. The molecule has 0 aliphatic heterocycles. The molecule has 0 spiro atoms. The fraction of sp³-hybridized carbons (Fsp3) is 0.438. The minimum absolute atomic E-state index is 0.281. The molecule has 0 fully saturated rings. The number of ether oxygens (including phenoxy) is 1. The molecule has 24 heavy (non-hydrogen) atoms. The smallest absolute Gasteiger partial charge is 0.408 e. The first-order valence-corrected chi connectivity index (χ1v) is 7.86. The fourth-order valence-electron chi connectivity index (χ4n) is 2.07. The van der Waals surface area contributed by atoms with E-state index in [0.29, 0.717) is 22.1 Å². The number of nitrogens with one attached hydrogen (secondary N) is 1. The molecular formula is C16H21ClN4O3. The number of hydrogen-bond donors (Lipinski definition) is 2. The number of rotatable bonds is 4. The Balaban J connectivity index is 2.24. The van der Waals surface area contributed by atoms with Crippen molar-refractivity contribution >= 4 is 17.7 Å². The van der Waals surface area contributed by atoms with Gasteiger partial charge in [0.05, 0.1) is 23.4 Å². The molecule has 8 heteroatoms. The standard InChI is InChI=1S/C16H21ClN4O3/c1-10-18-9-21(20-10)14-7-11(5-6-12(14)17)13(8-22)19-15(23)24-16(2,3)4/h5-7,9,13,22H,8H2,1-4H3,(H,19,23). The van der Waals surface area contributed by atoms with E-state index in [2.05, 4.69) is 15.4 Å². The molecule has 1 atom stereocenters. The van der Waals surface area contributed by atoms with Gasteiger partial charge in [-0.05, 0) is 45.4 Å². The number of hydrogen-bond acceptors (Lipinski definition) is 5. The number of aliphatic hydroxyl groups excluding tert-OH is 1. The summed E-state index contributed by atoms with van der Waals surface area (Å²) < 4.78 is 6.76. The van der Waals surface area contributed by atoms with Gasteiger partial charge in [0, 0.05) is 0 Å². The number of alkyl carbamates (subject to hydrolysis) is 1. The summed E-state index contributed by atoms with van der Waals surface area (Å²) in [6.45, 7) is 6.81. The van der Waals surface area contributed by atoms with Crippen LogP contribution in [-0.4, -0.2) is 38.2 Å². The van der Waals surface area contributed by atoms with Crippen molar-refractivity contribution in [2.24, 2.45) is 0 Å². The van der Waals surface area contributed by atoms with E-state index in [1.165, 1.54) is 0 Å². The molecule has 1 aromatic heterocycles. The molecule has 0 aliphatic carbocycles. The van der Waals surface area contributed by atoms with Crippen LogP contribution in [0.1, 0.15) is 38.2 Å². The molecule has 0 aliphatic rings. The Kier molecular flexibility index (Phi) is 5.46. The average Bonchev–Trinajstić information content (AvgIpc) is 2.90. The molecule has 0 saturated heterocycles. The molecular weight excluding hydrogens is 332 g/mol. The van der Waals surface area contributed by atoms with Crippen molar-refractivity contribution in [1.82, 2.24) is 20.1 Å². The van der Waals surface area contributed by atoms with Crippen molar-refractivity contribution in [3.05, 3.63) is 40.9 Å². The summed E-state index contributed by atoms with van der Waals surface area (Å²) in [5.74, 6) is 0.613. The minimum Gasteiger partial charge on any atom is -0.444 e. The Morgan fingerprint density at radius 1 is 1.46 bits per heavy atom. The van der Waals surface area contributed by atoms with Crippen LogP contribution in [0.4, 0.5) is 4.79 Å². The molecule has 130 valence electrons. The maximum absolute atomic E-state index is 11.9. The normalized spacial score (nSPS) is 12.8. The van der Waals surface area contributed by atoms with Crippen molar-refractivity contribution < 1.29 is 14.6 Å². The molecule has 2 N–H and O–H groups in total. The van der Waals surface area contributed by atoms with Gasteiger partial charge < -0.3 is 15.2 Å². The number of carbonyl (C=O) groups is 1. The van der Waals surface area contributed by atoms with Crippen LogP contribution >= 0.6 is 11.6 Å². The Hall–Kier alpha value is -2.12. The van der Waals surface area contributed by atoms with Crippen LogP contribution < -0.4 is 5.32 Å². The average molecular weight is 353 g/mol. The number of aromatic nitrogens is 3. The van der Waals surface area contributed by atoms with Crippen molar-refractivity contribution in [3.63, 3.8) is 0 Å². The van der Waals surface area contributed by atoms with Crippen LogP contribution in [0, 0.1) is 6.92 Å². The number of carbonyl (C=O) groups excluding carboxylic acids is 1. The van der Waals surface area contributed by atoms with Crippen molar-refractivity contribution in [2.75, 3.05) is 6.61 Å². The van der Waals surface area contributed by atoms with Crippen LogP contribution in [0.15, 0.2) is 24.5 Å². The van der Waals surface area contributed by atoms with Gasteiger partial charge in [-0.3, -0.25) is 0 Å². The topological polar surface area (TPSA) is 89.3 Å². The van der Waals surface area contributed by atoms with Crippen LogP contribution in [-0.2, 0) is 4.74 Å². The summed E-state index contributed by atoms with van der Waals surface area (Å²) >= 11 is 6.22. The van der Waals surface area contributed by atoms with Gasteiger partial charge in [0.1, 0.15) is 17.8 Å². The van der Waals surface area contributed by atoms with Gasteiger partial charge in [-0.1, -0.05) is 17.7 Å². The Labute approximate surface area is 145 Å². The van der Waals surface area contributed by atoms with Crippen molar-refractivity contribution in [3.8, 4) is 5.69 Å². The van der Waals surface area contributed by atoms with E-state index < -0.39 is 17.7 Å². The molecule has 1 heterocycles. The number of aryl methyl sites for hydroxylation is 1. The summed E-state index contributed by atoms with van der Waals surface area (Å²) in [5.41, 5.74) is 0.670. The van der Waals surface area contributed by atoms with E-state index >= 15 is 0 Å². The number of aliphatic hydroxyl groups is 1. The zero-order valence-electron chi connectivity index (χ0n) is 14.1.